The molecule has 2 heterocycles. The topological polar surface area (TPSA) is 71.0 Å². The highest BCUT2D eigenvalue weighted by Gasteiger charge is 2.28. The number of nitrogens with one attached hydrogen (secondary N) is 1. The normalized spacial score (nSPS) is 18.7. The molecule has 0 aliphatic carbocycles. The molecule has 0 aromatic heterocycles. The molecule has 0 saturated carbocycles. The Morgan fingerprint density at radius 2 is 1.97 bits per heavy atom. The number of likely N-dealkylation sites (tertiary alicyclic amines) is 1. The van der Waals surface area contributed by atoms with Crippen molar-refractivity contribution in [2.75, 3.05) is 13.1 Å². The van der Waals surface area contributed by atoms with E-state index in [-0.39, 0.29) is 31.5 Å². The number of hydrogen-bond acceptors (Lipinski definition) is 5. The molecule has 2 aromatic carbocycles. The van der Waals surface area contributed by atoms with E-state index in [1.165, 1.54) is 17.0 Å². The van der Waals surface area contributed by atoms with Crippen LogP contribution in [0.2, 0.25) is 0 Å². The Bertz CT molecular complexity index is 1040. The van der Waals surface area contributed by atoms with Gasteiger partial charge >= 0.3 is 6.61 Å². The first-order valence-corrected chi connectivity index (χ1v) is 10.3. The molecule has 2 aromatic rings. The van der Waals surface area contributed by atoms with Gasteiger partial charge in [-0.2, -0.15) is 13.9 Å². The predicted octanol–water partition coefficient (Wildman–Crippen LogP) is 3.46. The zero-order valence-electron chi connectivity index (χ0n) is 17.1. The summed E-state index contributed by atoms with van der Waals surface area (Å²) in [5.74, 6) is -1.13. The standard InChI is InChI=1S/C23H22F3N3O3/c24-19-6-5-14(12-20-16-3-1-2-4-17(16)21(13-30)28-27-20)11-18(19)22(31)29-9-7-15(8-10-29)32-23(25)26/h1-6,11,13,15,21,23,28H,7-10,12H2. The van der Waals surface area contributed by atoms with Gasteiger partial charge in [-0.3, -0.25) is 10.2 Å². The van der Waals surface area contributed by atoms with Gasteiger partial charge < -0.3 is 14.4 Å². The number of hydrogen-bond donors (Lipinski definition) is 1. The van der Waals surface area contributed by atoms with Crippen LogP contribution in [0.3, 0.4) is 0 Å². The molecule has 0 spiro atoms. The number of fused-ring (bicyclic) bond motifs is 1. The lowest BCUT2D eigenvalue weighted by Gasteiger charge is -2.32. The summed E-state index contributed by atoms with van der Waals surface area (Å²) in [5.41, 5.74) is 5.74. The van der Waals surface area contributed by atoms with E-state index in [0.717, 1.165) is 17.4 Å². The second-order valence-corrected chi connectivity index (χ2v) is 7.77. The fourth-order valence-electron chi connectivity index (χ4n) is 4.10. The van der Waals surface area contributed by atoms with Gasteiger partial charge in [0.1, 0.15) is 18.1 Å². The van der Waals surface area contributed by atoms with Crippen LogP contribution in [-0.4, -0.2) is 48.6 Å². The van der Waals surface area contributed by atoms with Gasteiger partial charge in [0.25, 0.3) is 5.91 Å². The van der Waals surface area contributed by atoms with Crippen LogP contribution in [-0.2, 0) is 16.0 Å². The molecule has 0 radical (unpaired) electrons. The maximum Gasteiger partial charge on any atom is 0.345 e. The van der Waals surface area contributed by atoms with Crippen molar-refractivity contribution >= 4 is 17.9 Å². The van der Waals surface area contributed by atoms with Crippen LogP contribution in [0.4, 0.5) is 13.2 Å². The summed E-state index contributed by atoms with van der Waals surface area (Å²) >= 11 is 0. The summed E-state index contributed by atoms with van der Waals surface area (Å²) in [5, 5.41) is 4.31. The second-order valence-electron chi connectivity index (χ2n) is 7.77. The molecule has 1 unspecified atom stereocenters. The van der Waals surface area contributed by atoms with E-state index in [2.05, 4.69) is 15.3 Å². The fourth-order valence-corrected chi connectivity index (χ4v) is 4.10. The lowest BCUT2D eigenvalue weighted by Crippen LogP contribution is -2.41. The first-order valence-electron chi connectivity index (χ1n) is 10.3. The number of hydrazone groups is 1. The van der Waals surface area contributed by atoms with Crippen molar-refractivity contribution in [2.24, 2.45) is 5.10 Å². The molecule has 168 valence electrons. The predicted molar refractivity (Wildman–Crippen MR) is 111 cm³/mol. The summed E-state index contributed by atoms with van der Waals surface area (Å²) in [6, 6.07) is 11.2. The zero-order chi connectivity index (χ0) is 22.7. The number of ether oxygens (including phenoxy) is 1. The SMILES string of the molecule is O=CC1NN=C(Cc2ccc(F)c(C(=O)N3CCC(OC(F)F)CC3)c2)c2ccccc21. The molecular formula is C23H22F3N3O3. The molecule has 6 nitrogen and oxygen atoms in total. The highest BCUT2D eigenvalue weighted by atomic mass is 19.3. The van der Waals surface area contributed by atoms with E-state index in [1.54, 1.807) is 6.07 Å². The van der Waals surface area contributed by atoms with Crippen molar-refractivity contribution in [3.05, 3.63) is 70.5 Å². The highest BCUT2D eigenvalue weighted by molar-refractivity contribution is 6.04. The number of aldehydes is 1. The molecule has 9 heteroatoms. The summed E-state index contributed by atoms with van der Waals surface area (Å²) in [7, 11) is 0. The average Bonchev–Trinajstić information content (AvgIpc) is 2.80. The van der Waals surface area contributed by atoms with E-state index >= 15 is 0 Å². The van der Waals surface area contributed by atoms with E-state index in [1.807, 2.05) is 24.3 Å². The van der Waals surface area contributed by atoms with Crippen molar-refractivity contribution in [1.29, 1.82) is 0 Å². The number of piperidine rings is 1. The Morgan fingerprint density at radius 1 is 1.22 bits per heavy atom. The van der Waals surface area contributed by atoms with E-state index in [0.29, 0.717) is 17.7 Å². The minimum atomic E-state index is -2.85. The Balaban J connectivity index is 1.50. The Kier molecular flexibility index (Phi) is 6.55. The van der Waals surface area contributed by atoms with Crippen LogP contribution in [0.25, 0.3) is 0 Å². The van der Waals surface area contributed by atoms with Crippen molar-refractivity contribution in [3.8, 4) is 0 Å². The quantitative estimate of drug-likeness (QED) is 0.692. The Labute approximate surface area is 183 Å². The van der Waals surface area contributed by atoms with Crippen molar-refractivity contribution in [3.63, 3.8) is 0 Å². The maximum absolute atomic E-state index is 14.5. The van der Waals surface area contributed by atoms with Gasteiger partial charge in [0.2, 0.25) is 0 Å². The van der Waals surface area contributed by atoms with Gasteiger partial charge in [0.15, 0.2) is 0 Å². The van der Waals surface area contributed by atoms with Crippen molar-refractivity contribution in [1.82, 2.24) is 10.3 Å². The molecule has 1 atom stereocenters. The number of amides is 1. The number of nitrogens with zero attached hydrogens (tertiary/aromatic N) is 2. The summed E-state index contributed by atoms with van der Waals surface area (Å²) < 4.78 is 43.8. The van der Waals surface area contributed by atoms with Gasteiger partial charge in [-0.15, -0.1) is 0 Å². The van der Waals surface area contributed by atoms with Gasteiger partial charge in [-0.1, -0.05) is 30.3 Å². The fraction of sp³-hybridized carbons (Fsp3) is 0.348. The van der Waals surface area contributed by atoms with Crippen molar-refractivity contribution in [2.45, 2.75) is 38.0 Å². The third kappa shape index (κ3) is 4.67. The molecule has 2 aliphatic heterocycles. The summed E-state index contributed by atoms with van der Waals surface area (Å²) in [6.45, 7) is -2.41. The number of carbonyl (C=O) groups is 2. The van der Waals surface area contributed by atoms with Crippen LogP contribution in [0.1, 0.15) is 45.9 Å². The Morgan fingerprint density at radius 3 is 2.69 bits per heavy atom. The lowest BCUT2D eigenvalue weighted by molar-refractivity contribution is -0.171. The molecule has 1 N–H and O–H groups in total. The molecule has 1 amide bonds. The third-order valence-electron chi connectivity index (χ3n) is 5.74. The summed E-state index contributed by atoms with van der Waals surface area (Å²) in [4.78, 5) is 25.7. The maximum atomic E-state index is 14.5. The molecule has 4 rings (SSSR count). The first-order chi connectivity index (χ1) is 15.5. The van der Waals surface area contributed by atoms with Crippen LogP contribution in [0.15, 0.2) is 47.6 Å². The number of rotatable bonds is 6. The molecule has 0 bridgehead atoms. The highest BCUT2D eigenvalue weighted by Crippen LogP contribution is 2.24. The summed E-state index contributed by atoms with van der Waals surface area (Å²) in [6.07, 6.45) is 1.05. The number of benzene rings is 2. The average molecular weight is 445 g/mol. The molecular weight excluding hydrogens is 423 g/mol. The number of carbonyl (C=O) groups excluding carboxylic acids is 2. The first kappa shape index (κ1) is 22.0. The van der Waals surface area contributed by atoms with Crippen LogP contribution in [0, 0.1) is 5.82 Å². The second kappa shape index (κ2) is 9.52. The van der Waals surface area contributed by atoms with E-state index in [4.69, 9.17) is 0 Å². The van der Waals surface area contributed by atoms with E-state index in [9.17, 15) is 22.8 Å². The van der Waals surface area contributed by atoms with Crippen LogP contribution < -0.4 is 5.43 Å². The smallest absolute Gasteiger partial charge is 0.338 e. The van der Waals surface area contributed by atoms with Gasteiger partial charge in [-0.05, 0) is 36.1 Å². The lowest BCUT2D eigenvalue weighted by atomic mass is 9.92. The van der Waals surface area contributed by atoms with Crippen LogP contribution in [0.5, 0.6) is 0 Å². The van der Waals surface area contributed by atoms with Gasteiger partial charge in [0.05, 0.1) is 17.4 Å². The number of halogens is 3. The molecule has 2 aliphatic rings. The van der Waals surface area contributed by atoms with Gasteiger partial charge in [-0.25, -0.2) is 4.39 Å². The largest absolute Gasteiger partial charge is 0.345 e. The van der Waals surface area contributed by atoms with E-state index < -0.39 is 30.5 Å². The zero-order valence-corrected chi connectivity index (χ0v) is 17.1. The van der Waals surface area contributed by atoms with Crippen molar-refractivity contribution < 1.29 is 27.5 Å². The van der Waals surface area contributed by atoms with Gasteiger partial charge in [0, 0.05) is 25.1 Å². The molecule has 1 fully saturated rings. The monoisotopic (exact) mass is 445 g/mol. The molecule has 32 heavy (non-hydrogen) atoms. The minimum Gasteiger partial charge on any atom is -0.338 e. The minimum absolute atomic E-state index is 0.0702. The van der Waals surface area contributed by atoms with Crippen LogP contribution >= 0.6 is 0 Å². The third-order valence-corrected chi connectivity index (χ3v) is 5.74. The Hall–Kier alpha value is -3.20. The number of alkyl halides is 2. The molecule has 1 saturated heterocycles.